The first-order valence-corrected chi connectivity index (χ1v) is 8.22. The van der Waals surface area contributed by atoms with E-state index in [1.54, 1.807) is 12.5 Å². The zero-order valence-corrected chi connectivity index (χ0v) is 14.0. The van der Waals surface area contributed by atoms with Crippen LogP contribution >= 0.6 is 11.3 Å². The van der Waals surface area contributed by atoms with Crippen LogP contribution < -0.4 is 9.47 Å². The Morgan fingerprint density at radius 2 is 1.92 bits per heavy atom. The van der Waals surface area contributed by atoms with E-state index < -0.39 is 11.6 Å². The quantitative estimate of drug-likeness (QED) is 0.639. The third-order valence-corrected chi connectivity index (χ3v) is 4.31. The Balaban J connectivity index is 1.97. The number of nitrogens with zero attached hydrogens (tertiary/aromatic N) is 1. The SMILES string of the molecule is CCOc1ccc(-c2nc(-c3cc(F)ccc3F)cs2)cc1OC. The molecule has 0 aliphatic heterocycles. The highest BCUT2D eigenvalue weighted by Gasteiger charge is 2.13. The summed E-state index contributed by atoms with van der Waals surface area (Å²) in [5.74, 6) is 0.251. The maximum absolute atomic E-state index is 13.9. The lowest BCUT2D eigenvalue weighted by Gasteiger charge is -2.09. The summed E-state index contributed by atoms with van der Waals surface area (Å²) < 4.78 is 38.1. The molecule has 0 fully saturated rings. The molecule has 1 heterocycles. The van der Waals surface area contributed by atoms with Gasteiger partial charge in [-0.2, -0.15) is 0 Å². The van der Waals surface area contributed by atoms with Crippen LogP contribution in [0.5, 0.6) is 11.5 Å². The second kappa shape index (κ2) is 6.97. The van der Waals surface area contributed by atoms with Gasteiger partial charge in [0, 0.05) is 16.5 Å². The molecule has 3 rings (SSSR count). The van der Waals surface area contributed by atoms with Gasteiger partial charge in [0.05, 0.1) is 19.4 Å². The van der Waals surface area contributed by atoms with E-state index in [-0.39, 0.29) is 5.56 Å². The summed E-state index contributed by atoms with van der Waals surface area (Å²) in [7, 11) is 1.57. The summed E-state index contributed by atoms with van der Waals surface area (Å²) in [6.07, 6.45) is 0. The first-order valence-electron chi connectivity index (χ1n) is 7.34. The van der Waals surface area contributed by atoms with Crippen LogP contribution in [0.3, 0.4) is 0 Å². The fourth-order valence-corrected chi connectivity index (χ4v) is 3.12. The van der Waals surface area contributed by atoms with E-state index in [1.165, 1.54) is 11.3 Å². The van der Waals surface area contributed by atoms with Gasteiger partial charge in [0.2, 0.25) is 0 Å². The van der Waals surface area contributed by atoms with Crippen molar-refractivity contribution in [2.45, 2.75) is 6.92 Å². The molecule has 0 amide bonds. The van der Waals surface area contributed by atoms with Crippen molar-refractivity contribution in [3.8, 4) is 33.3 Å². The van der Waals surface area contributed by atoms with E-state index in [1.807, 2.05) is 25.1 Å². The van der Waals surface area contributed by atoms with Crippen molar-refractivity contribution < 1.29 is 18.3 Å². The lowest BCUT2D eigenvalue weighted by Crippen LogP contribution is -1.95. The summed E-state index contributed by atoms with van der Waals surface area (Å²) in [5.41, 5.74) is 1.37. The Bertz CT molecular complexity index is 864. The van der Waals surface area contributed by atoms with Crippen LogP contribution in [0.2, 0.25) is 0 Å². The number of hydrogen-bond acceptors (Lipinski definition) is 4. The van der Waals surface area contributed by atoms with Crippen molar-refractivity contribution in [2.24, 2.45) is 0 Å². The van der Waals surface area contributed by atoms with Gasteiger partial charge < -0.3 is 9.47 Å². The van der Waals surface area contributed by atoms with Gasteiger partial charge in [0.1, 0.15) is 16.6 Å². The molecule has 124 valence electrons. The average molecular weight is 347 g/mol. The molecule has 6 heteroatoms. The monoisotopic (exact) mass is 347 g/mol. The molecule has 1 aromatic heterocycles. The van der Waals surface area contributed by atoms with Crippen LogP contribution in [0, 0.1) is 11.6 Å². The van der Waals surface area contributed by atoms with Gasteiger partial charge in [-0.25, -0.2) is 13.8 Å². The summed E-state index contributed by atoms with van der Waals surface area (Å²) in [5, 5.41) is 2.39. The largest absolute Gasteiger partial charge is 0.493 e. The average Bonchev–Trinajstić information content (AvgIpc) is 3.07. The van der Waals surface area contributed by atoms with Crippen LogP contribution in [0.25, 0.3) is 21.8 Å². The smallest absolute Gasteiger partial charge is 0.161 e. The zero-order valence-electron chi connectivity index (χ0n) is 13.2. The van der Waals surface area contributed by atoms with Gasteiger partial charge >= 0.3 is 0 Å². The number of benzene rings is 2. The number of rotatable bonds is 5. The van der Waals surface area contributed by atoms with Crippen LogP contribution in [0.1, 0.15) is 6.92 Å². The molecule has 24 heavy (non-hydrogen) atoms. The van der Waals surface area contributed by atoms with Crippen LogP contribution in [-0.2, 0) is 0 Å². The van der Waals surface area contributed by atoms with Crippen molar-refractivity contribution in [1.82, 2.24) is 4.98 Å². The van der Waals surface area contributed by atoms with Crippen LogP contribution in [-0.4, -0.2) is 18.7 Å². The second-order valence-electron chi connectivity index (χ2n) is 4.96. The molecule has 0 bridgehead atoms. The number of halogens is 2. The van der Waals surface area contributed by atoms with Gasteiger partial charge in [-0.1, -0.05) is 0 Å². The van der Waals surface area contributed by atoms with Crippen molar-refractivity contribution in [3.05, 3.63) is 53.4 Å². The third-order valence-electron chi connectivity index (χ3n) is 3.42. The molecule has 3 aromatic rings. The topological polar surface area (TPSA) is 31.4 Å². The van der Waals surface area contributed by atoms with E-state index in [4.69, 9.17) is 9.47 Å². The minimum absolute atomic E-state index is 0.149. The fraction of sp³-hybridized carbons (Fsp3) is 0.167. The van der Waals surface area contributed by atoms with E-state index in [0.29, 0.717) is 28.8 Å². The Morgan fingerprint density at radius 3 is 2.67 bits per heavy atom. The van der Waals surface area contributed by atoms with Gasteiger partial charge in [-0.3, -0.25) is 0 Å². The number of aromatic nitrogens is 1. The molecule has 2 aromatic carbocycles. The minimum atomic E-state index is -0.502. The Hall–Kier alpha value is -2.47. The molecular formula is C18H15F2NO2S. The van der Waals surface area contributed by atoms with Crippen molar-refractivity contribution in [3.63, 3.8) is 0 Å². The number of methoxy groups -OCH3 is 1. The summed E-state index contributed by atoms with van der Waals surface area (Å²) in [4.78, 5) is 4.42. The maximum atomic E-state index is 13.9. The predicted molar refractivity (Wildman–Crippen MR) is 90.6 cm³/mol. The zero-order chi connectivity index (χ0) is 17.1. The highest BCUT2D eigenvalue weighted by molar-refractivity contribution is 7.13. The molecule has 0 aliphatic rings. The molecule has 0 unspecified atom stereocenters. The molecule has 0 N–H and O–H groups in total. The number of ether oxygens (including phenoxy) is 2. The number of hydrogen-bond donors (Lipinski definition) is 0. The minimum Gasteiger partial charge on any atom is -0.493 e. The first-order chi connectivity index (χ1) is 11.6. The van der Waals surface area contributed by atoms with Crippen molar-refractivity contribution in [2.75, 3.05) is 13.7 Å². The molecular weight excluding hydrogens is 332 g/mol. The van der Waals surface area contributed by atoms with Gasteiger partial charge in [0.25, 0.3) is 0 Å². The summed E-state index contributed by atoms with van der Waals surface area (Å²) >= 11 is 1.35. The van der Waals surface area contributed by atoms with Crippen molar-refractivity contribution >= 4 is 11.3 Å². The Morgan fingerprint density at radius 1 is 1.08 bits per heavy atom. The lowest BCUT2D eigenvalue weighted by atomic mass is 10.1. The Labute approximate surface area is 142 Å². The fourth-order valence-electron chi connectivity index (χ4n) is 2.30. The summed E-state index contributed by atoms with van der Waals surface area (Å²) in [6, 6.07) is 8.81. The molecule has 0 saturated heterocycles. The number of thiazole rings is 1. The first kappa shape index (κ1) is 16.4. The summed E-state index contributed by atoms with van der Waals surface area (Å²) in [6.45, 7) is 2.43. The maximum Gasteiger partial charge on any atom is 0.161 e. The van der Waals surface area contributed by atoms with Crippen LogP contribution in [0.4, 0.5) is 8.78 Å². The molecule has 0 saturated carbocycles. The molecule has 0 spiro atoms. The van der Waals surface area contributed by atoms with E-state index in [0.717, 1.165) is 23.8 Å². The highest BCUT2D eigenvalue weighted by atomic mass is 32.1. The van der Waals surface area contributed by atoms with Crippen molar-refractivity contribution in [1.29, 1.82) is 0 Å². The van der Waals surface area contributed by atoms with Gasteiger partial charge in [-0.15, -0.1) is 11.3 Å². The van der Waals surface area contributed by atoms with E-state index in [2.05, 4.69) is 4.98 Å². The molecule has 0 aliphatic carbocycles. The molecule has 3 nitrogen and oxygen atoms in total. The molecule has 0 atom stereocenters. The highest BCUT2D eigenvalue weighted by Crippen LogP contribution is 2.35. The Kier molecular flexibility index (Phi) is 4.76. The third kappa shape index (κ3) is 3.23. The van der Waals surface area contributed by atoms with E-state index >= 15 is 0 Å². The van der Waals surface area contributed by atoms with Gasteiger partial charge in [-0.05, 0) is 43.3 Å². The normalized spacial score (nSPS) is 10.7. The lowest BCUT2D eigenvalue weighted by molar-refractivity contribution is 0.311. The second-order valence-corrected chi connectivity index (χ2v) is 5.82. The van der Waals surface area contributed by atoms with Gasteiger partial charge in [0.15, 0.2) is 11.5 Å². The molecule has 0 radical (unpaired) electrons. The van der Waals surface area contributed by atoms with E-state index in [9.17, 15) is 8.78 Å². The predicted octanol–water partition coefficient (Wildman–Crippen LogP) is 5.16. The van der Waals surface area contributed by atoms with Crippen LogP contribution in [0.15, 0.2) is 41.8 Å². The standard InChI is InChI=1S/C18H15F2NO2S/c1-3-23-16-7-4-11(8-17(16)22-2)18-21-15(10-24-18)13-9-12(19)5-6-14(13)20/h4-10H,3H2,1-2H3.